The van der Waals surface area contributed by atoms with E-state index in [0.717, 1.165) is 28.1 Å². The van der Waals surface area contributed by atoms with Crippen LogP contribution in [0, 0.1) is 0 Å². The van der Waals surface area contributed by atoms with Crippen LogP contribution in [0.25, 0.3) is 11.4 Å². The van der Waals surface area contributed by atoms with E-state index in [9.17, 15) is 0 Å². The van der Waals surface area contributed by atoms with Crippen LogP contribution in [0.3, 0.4) is 0 Å². The molecule has 1 N–H and O–H groups in total. The number of nitrogens with one attached hydrogen (secondary N) is 1. The molecule has 1 aromatic carbocycles. The third-order valence-corrected chi connectivity index (χ3v) is 4.30. The summed E-state index contributed by atoms with van der Waals surface area (Å²) in [7, 11) is 1.65. The van der Waals surface area contributed by atoms with Gasteiger partial charge in [0.05, 0.1) is 18.9 Å². The second-order valence-corrected chi connectivity index (χ2v) is 5.56. The van der Waals surface area contributed by atoms with E-state index in [1.54, 1.807) is 25.1 Å². The van der Waals surface area contributed by atoms with Gasteiger partial charge in [-0.1, -0.05) is 12.1 Å². The van der Waals surface area contributed by atoms with Crippen LogP contribution in [0.1, 0.15) is 11.1 Å². The number of ether oxygens (including phenoxy) is 1. The molecule has 0 aliphatic carbocycles. The molecular formula is C14H12N4O2S. The molecule has 106 valence electrons. The molecule has 3 heterocycles. The molecule has 4 rings (SSSR count). The highest BCUT2D eigenvalue weighted by Crippen LogP contribution is 2.41. The van der Waals surface area contributed by atoms with E-state index in [2.05, 4.69) is 15.6 Å². The number of benzene rings is 1. The lowest BCUT2D eigenvalue weighted by molar-refractivity contribution is 0.416. The number of methoxy groups -OCH3 is 1. The smallest absolute Gasteiger partial charge is 0.212 e. The molecular weight excluding hydrogens is 288 g/mol. The summed E-state index contributed by atoms with van der Waals surface area (Å²) < 4.78 is 12.7. The molecule has 0 spiro atoms. The zero-order valence-electron chi connectivity index (χ0n) is 11.2. The number of para-hydroxylation sites is 1. The first kappa shape index (κ1) is 12.3. The van der Waals surface area contributed by atoms with Gasteiger partial charge in [-0.25, -0.2) is 4.68 Å². The first-order chi connectivity index (χ1) is 10.4. The quantitative estimate of drug-likeness (QED) is 0.802. The Bertz CT molecular complexity index is 769. The maximum absolute atomic E-state index is 5.44. The van der Waals surface area contributed by atoms with Crippen molar-refractivity contribution in [2.45, 2.75) is 10.5 Å². The average Bonchev–Trinajstić information content (AvgIpc) is 3.22. The van der Waals surface area contributed by atoms with Gasteiger partial charge < -0.3 is 14.6 Å². The maximum Gasteiger partial charge on any atom is 0.212 e. The molecule has 0 bridgehead atoms. The van der Waals surface area contributed by atoms with Crippen molar-refractivity contribution in [3.8, 4) is 17.1 Å². The Kier molecular flexibility index (Phi) is 2.85. The lowest BCUT2D eigenvalue weighted by atomic mass is 10.2. The van der Waals surface area contributed by atoms with Gasteiger partial charge in [-0.05, 0) is 36.0 Å². The molecule has 1 unspecified atom stereocenters. The number of fused-ring (bicyclic) bond motifs is 1. The van der Waals surface area contributed by atoms with Gasteiger partial charge >= 0.3 is 0 Å². The average molecular weight is 300 g/mol. The number of furan rings is 1. The fraction of sp³-hybridized carbons (Fsp3) is 0.143. The van der Waals surface area contributed by atoms with Crippen molar-refractivity contribution in [2.75, 3.05) is 12.5 Å². The van der Waals surface area contributed by atoms with Crippen LogP contribution in [0.5, 0.6) is 5.75 Å². The Morgan fingerprint density at radius 1 is 1.24 bits per heavy atom. The van der Waals surface area contributed by atoms with Crippen molar-refractivity contribution in [1.29, 1.82) is 0 Å². The van der Waals surface area contributed by atoms with Gasteiger partial charge in [-0.3, -0.25) is 0 Å². The third-order valence-electron chi connectivity index (χ3n) is 3.25. The predicted octanol–water partition coefficient (Wildman–Crippen LogP) is 2.89. The highest BCUT2D eigenvalue weighted by molar-refractivity contribution is 7.99. The summed E-state index contributed by atoms with van der Waals surface area (Å²) in [5.41, 5.74) is 4.24. The van der Waals surface area contributed by atoms with E-state index in [0.29, 0.717) is 0 Å². The summed E-state index contributed by atoms with van der Waals surface area (Å²) in [5.74, 6) is 2.35. The lowest BCUT2D eigenvalue weighted by Crippen LogP contribution is -2.13. The fourth-order valence-corrected chi connectivity index (χ4v) is 3.23. The molecule has 0 saturated carbocycles. The van der Waals surface area contributed by atoms with E-state index < -0.39 is 0 Å². The van der Waals surface area contributed by atoms with Crippen molar-refractivity contribution < 1.29 is 9.15 Å². The molecule has 6 nitrogen and oxygen atoms in total. The largest absolute Gasteiger partial charge is 0.496 e. The summed E-state index contributed by atoms with van der Waals surface area (Å²) in [6.45, 7) is 0. The van der Waals surface area contributed by atoms with E-state index >= 15 is 0 Å². The molecule has 7 heteroatoms. The van der Waals surface area contributed by atoms with Crippen molar-refractivity contribution in [3.63, 3.8) is 0 Å². The highest BCUT2D eigenvalue weighted by Gasteiger charge is 2.30. The van der Waals surface area contributed by atoms with Crippen molar-refractivity contribution in [2.24, 2.45) is 0 Å². The third kappa shape index (κ3) is 1.97. The van der Waals surface area contributed by atoms with Crippen LogP contribution in [0.2, 0.25) is 0 Å². The van der Waals surface area contributed by atoms with Crippen LogP contribution in [-0.2, 0) is 0 Å². The number of thioether (sulfide) groups is 1. The Morgan fingerprint density at radius 2 is 2.14 bits per heavy atom. The number of rotatable bonds is 3. The zero-order valence-corrected chi connectivity index (χ0v) is 12.0. The Labute approximate surface area is 125 Å². The number of hydrogen-bond acceptors (Lipinski definition) is 6. The standard InChI is InChI=1S/C14H12N4O2S/c1-19-10-6-3-2-5-9(10)12-15-16-14-18(12)17-13(21-14)11-7-4-8-20-11/h2-8,13,17H,1H3. The van der Waals surface area contributed by atoms with Crippen LogP contribution < -0.4 is 10.2 Å². The molecule has 3 aromatic rings. The second kappa shape index (κ2) is 4.85. The molecule has 21 heavy (non-hydrogen) atoms. The van der Waals surface area contributed by atoms with Gasteiger partial charge in [-0.15, -0.1) is 10.2 Å². The molecule has 2 aromatic heterocycles. The fourth-order valence-electron chi connectivity index (χ4n) is 2.28. The first-order valence-corrected chi connectivity index (χ1v) is 7.30. The number of aromatic nitrogens is 3. The minimum absolute atomic E-state index is 0.000966. The minimum Gasteiger partial charge on any atom is -0.496 e. The topological polar surface area (TPSA) is 65.1 Å². The Morgan fingerprint density at radius 3 is 2.95 bits per heavy atom. The Balaban J connectivity index is 1.73. The predicted molar refractivity (Wildman–Crippen MR) is 78.7 cm³/mol. The van der Waals surface area contributed by atoms with Gasteiger partial charge in [-0.2, -0.15) is 0 Å². The summed E-state index contributed by atoms with van der Waals surface area (Å²) >= 11 is 1.57. The van der Waals surface area contributed by atoms with Gasteiger partial charge in [0.2, 0.25) is 5.16 Å². The van der Waals surface area contributed by atoms with Gasteiger partial charge in [0.15, 0.2) is 11.2 Å². The summed E-state index contributed by atoms with van der Waals surface area (Å²) in [4.78, 5) is 0. The molecule has 0 saturated heterocycles. The van der Waals surface area contributed by atoms with Crippen LogP contribution in [-0.4, -0.2) is 22.0 Å². The number of hydrogen-bond donors (Lipinski definition) is 1. The normalized spacial score (nSPS) is 16.5. The highest BCUT2D eigenvalue weighted by atomic mass is 32.2. The number of nitrogens with zero attached hydrogens (tertiary/aromatic N) is 3. The summed E-state index contributed by atoms with van der Waals surface area (Å²) in [6.07, 6.45) is 1.66. The van der Waals surface area contributed by atoms with Gasteiger partial charge in [0.1, 0.15) is 11.5 Å². The maximum atomic E-state index is 5.44. The van der Waals surface area contributed by atoms with Crippen LogP contribution in [0.15, 0.2) is 52.2 Å². The zero-order chi connectivity index (χ0) is 14.2. The lowest BCUT2D eigenvalue weighted by Gasteiger charge is -2.11. The molecule has 1 aliphatic heterocycles. The van der Waals surface area contributed by atoms with Gasteiger partial charge in [0.25, 0.3) is 0 Å². The summed E-state index contributed by atoms with van der Waals surface area (Å²) in [5, 5.41) is 9.28. The monoisotopic (exact) mass is 300 g/mol. The second-order valence-electron chi connectivity index (χ2n) is 4.48. The minimum atomic E-state index is -0.000966. The van der Waals surface area contributed by atoms with E-state index in [4.69, 9.17) is 9.15 Å². The van der Waals surface area contributed by atoms with Crippen LogP contribution in [0.4, 0.5) is 0 Å². The van der Waals surface area contributed by atoms with Crippen molar-refractivity contribution in [1.82, 2.24) is 14.9 Å². The first-order valence-electron chi connectivity index (χ1n) is 6.42. The molecule has 0 amide bonds. The van der Waals surface area contributed by atoms with Crippen LogP contribution >= 0.6 is 11.8 Å². The molecule has 1 aliphatic rings. The summed E-state index contributed by atoms with van der Waals surface area (Å²) in [6, 6.07) is 11.6. The van der Waals surface area contributed by atoms with E-state index in [1.165, 1.54) is 0 Å². The molecule has 0 radical (unpaired) electrons. The Hall–Kier alpha value is -2.41. The van der Waals surface area contributed by atoms with Gasteiger partial charge in [0, 0.05) is 0 Å². The van der Waals surface area contributed by atoms with Crippen molar-refractivity contribution >= 4 is 11.8 Å². The molecule has 0 fully saturated rings. The van der Waals surface area contributed by atoms with E-state index in [-0.39, 0.29) is 5.37 Å². The SMILES string of the molecule is COc1ccccc1-c1nnc2n1NC(c1ccco1)S2. The van der Waals surface area contributed by atoms with Crippen molar-refractivity contribution in [3.05, 3.63) is 48.4 Å². The van der Waals surface area contributed by atoms with E-state index in [1.807, 2.05) is 41.1 Å². The molecule has 1 atom stereocenters.